The summed E-state index contributed by atoms with van der Waals surface area (Å²) in [5.41, 5.74) is 1.34. The molecule has 0 spiro atoms. The Hall–Kier alpha value is -2.69. The number of nitrogens with zero attached hydrogens (tertiary/aromatic N) is 4. The molecule has 0 unspecified atom stereocenters. The number of fused-ring (bicyclic) bond motifs is 1. The molecule has 198 valence electrons. The molecule has 0 radical (unpaired) electrons. The van der Waals surface area contributed by atoms with Crippen LogP contribution in [-0.2, 0) is 31.1 Å². The molecule has 1 N–H and O–H groups in total. The maximum Gasteiger partial charge on any atom is 0.422 e. The number of ether oxygens (including phenoxy) is 1. The summed E-state index contributed by atoms with van der Waals surface area (Å²) in [6, 6.07) is 3.24. The highest BCUT2D eigenvalue weighted by molar-refractivity contribution is 5.78. The van der Waals surface area contributed by atoms with Crippen LogP contribution in [-0.4, -0.2) is 69.7 Å². The Morgan fingerprint density at radius 3 is 2.67 bits per heavy atom. The first kappa shape index (κ1) is 26.4. The van der Waals surface area contributed by atoms with Crippen LogP contribution in [0.15, 0.2) is 24.5 Å². The molecule has 1 aliphatic carbocycles. The molecule has 1 aliphatic heterocycles. The van der Waals surface area contributed by atoms with Crippen LogP contribution in [0.25, 0.3) is 0 Å². The van der Waals surface area contributed by atoms with E-state index in [4.69, 9.17) is 4.74 Å². The topological polar surface area (TPSA) is 72.3 Å². The number of carbonyl (C=O) groups excluding carboxylic acids is 1. The van der Waals surface area contributed by atoms with Crippen LogP contribution in [0.3, 0.4) is 0 Å². The van der Waals surface area contributed by atoms with Crippen molar-refractivity contribution in [2.75, 3.05) is 26.2 Å². The zero-order valence-electron chi connectivity index (χ0n) is 20.5. The SMILES string of the molecule is Cn1cc(CC(=O)NC2CCC(F)(CCN3CCc4ccc(OCC(F)(F)F)nc4CC3)CC2)cn1. The second kappa shape index (κ2) is 11.1. The summed E-state index contributed by atoms with van der Waals surface area (Å²) < 4.78 is 59.2. The minimum atomic E-state index is -4.40. The van der Waals surface area contributed by atoms with Gasteiger partial charge in [0, 0.05) is 57.1 Å². The molecule has 4 rings (SSSR count). The van der Waals surface area contributed by atoms with E-state index in [0.717, 1.165) is 23.4 Å². The van der Waals surface area contributed by atoms with Gasteiger partial charge in [-0.1, -0.05) is 6.07 Å². The predicted octanol–water partition coefficient (Wildman–Crippen LogP) is 3.56. The van der Waals surface area contributed by atoms with Crippen LogP contribution >= 0.6 is 0 Å². The van der Waals surface area contributed by atoms with Crippen molar-refractivity contribution in [3.63, 3.8) is 0 Å². The summed E-state index contributed by atoms with van der Waals surface area (Å²) >= 11 is 0. The smallest absolute Gasteiger partial charge is 0.422 e. The van der Waals surface area contributed by atoms with Crippen LogP contribution in [0.2, 0.25) is 0 Å². The number of halogens is 4. The van der Waals surface area contributed by atoms with Crippen molar-refractivity contribution in [3.8, 4) is 5.88 Å². The fourth-order valence-corrected chi connectivity index (χ4v) is 4.98. The first-order valence-electron chi connectivity index (χ1n) is 12.4. The number of pyridine rings is 1. The van der Waals surface area contributed by atoms with Gasteiger partial charge in [0.2, 0.25) is 11.8 Å². The van der Waals surface area contributed by atoms with Gasteiger partial charge in [-0.15, -0.1) is 0 Å². The van der Waals surface area contributed by atoms with Crippen molar-refractivity contribution in [1.29, 1.82) is 0 Å². The fraction of sp³-hybridized carbons (Fsp3) is 0.640. The molecule has 11 heteroatoms. The summed E-state index contributed by atoms with van der Waals surface area (Å²) in [5, 5.41) is 7.10. The van der Waals surface area contributed by atoms with Gasteiger partial charge in [0.25, 0.3) is 0 Å². The quantitative estimate of drug-likeness (QED) is 0.549. The van der Waals surface area contributed by atoms with Gasteiger partial charge in [0.1, 0.15) is 5.67 Å². The molecule has 36 heavy (non-hydrogen) atoms. The second-order valence-electron chi connectivity index (χ2n) is 9.94. The molecule has 3 heterocycles. The average molecular weight is 512 g/mol. The van der Waals surface area contributed by atoms with E-state index in [1.54, 1.807) is 24.0 Å². The highest BCUT2D eigenvalue weighted by atomic mass is 19.4. The minimum absolute atomic E-state index is 0.00873. The molecular formula is C25H33F4N5O2. The largest absolute Gasteiger partial charge is 0.468 e. The number of nitrogens with one attached hydrogen (secondary N) is 1. The van der Waals surface area contributed by atoms with E-state index in [1.165, 1.54) is 6.07 Å². The zero-order chi connectivity index (χ0) is 25.8. The molecule has 2 aliphatic rings. The normalized spacial score (nSPS) is 23.1. The van der Waals surface area contributed by atoms with Crippen molar-refractivity contribution in [1.82, 2.24) is 25.0 Å². The third-order valence-electron chi connectivity index (χ3n) is 7.03. The lowest BCUT2D eigenvalue weighted by molar-refractivity contribution is -0.154. The Morgan fingerprint density at radius 1 is 1.22 bits per heavy atom. The maximum absolute atomic E-state index is 15.5. The highest BCUT2D eigenvalue weighted by Gasteiger charge is 2.36. The maximum atomic E-state index is 15.5. The third kappa shape index (κ3) is 7.65. The van der Waals surface area contributed by atoms with Gasteiger partial charge in [-0.3, -0.25) is 9.48 Å². The number of amides is 1. The first-order chi connectivity index (χ1) is 17.1. The number of rotatable bonds is 8. The molecule has 1 amide bonds. The lowest BCUT2D eigenvalue weighted by atomic mass is 9.81. The van der Waals surface area contributed by atoms with Gasteiger partial charge < -0.3 is 15.0 Å². The third-order valence-corrected chi connectivity index (χ3v) is 7.03. The zero-order valence-corrected chi connectivity index (χ0v) is 20.5. The minimum Gasteiger partial charge on any atom is -0.468 e. The van der Waals surface area contributed by atoms with E-state index < -0.39 is 18.5 Å². The van der Waals surface area contributed by atoms with Gasteiger partial charge in [-0.05, 0) is 49.7 Å². The van der Waals surface area contributed by atoms with Gasteiger partial charge in [0.15, 0.2) is 6.61 Å². The number of aryl methyl sites for hydroxylation is 1. The molecule has 0 aromatic carbocycles. The van der Waals surface area contributed by atoms with E-state index in [9.17, 15) is 18.0 Å². The van der Waals surface area contributed by atoms with Crippen molar-refractivity contribution < 1.29 is 27.1 Å². The molecular weight excluding hydrogens is 478 g/mol. The summed E-state index contributed by atoms with van der Waals surface area (Å²) in [6.07, 6.45) is 3.14. The Bertz CT molecular complexity index is 1030. The summed E-state index contributed by atoms with van der Waals surface area (Å²) in [6.45, 7) is 0.671. The molecule has 7 nitrogen and oxygen atoms in total. The lowest BCUT2D eigenvalue weighted by Gasteiger charge is -2.35. The molecule has 0 saturated heterocycles. The van der Waals surface area contributed by atoms with E-state index in [-0.39, 0.29) is 24.2 Å². The monoisotopic (exact) mass is 511 g/mol. The molecule has 0 bridgehead atoms. The van der Waals surface area contributed by atoms with Crippen LogP contribution in [0.1, 0.15) is 48.9 Å². The van der Waals surface area contributed by atoms with E-state index in [2.05, 4.69) is 20.3 Å². The van der Waals surface area contributed by atoms with E-state index >= 15 is 4.39 Å². The number of aromatic nitrogens is 3. The second-order valence-corrected chi connectivity index (χ2v) is 9.94. The van der Waals surface area contributed by atoms with Gasteiger partial charge in [-0.25, -0.2) is 9.37 Å². The van der Waals surface area contributed by atoms with E-state index in [1.807, 2.05) is 6.20 Å². The molecule has 1 fully saturated rings. The number of carbonyl (C=O) groups is 1. The Labute approximate surface area is 208 Å². The van der Waals surface area contributed by atoms with Crippen LogP contribution in [0, 0.1) is 0 Å². The average Bonchev–Trinajstić information content (AvgIpc) is 3.11. The predicted molar refractivity (Wildman–Crippen MR) is 125 cm³/mol. The number of hydrogen-bond acceptors (Lipinski definition) is 5. The fourth-order valence-electron chi connectivity index (χ4n) is 4.98. The summed E-state index contributed by atoms with van der Waals surface area (Å²) in [5.74, 6) is -0.0874. The number of alkyl halides is 4. The van der Waals surface area contributed by atoms with Gasteiger partial charge in [0.05, 0.1) is 12.6 Å². The van der Waals surface area contributed by atoms with Crippen LogP contribution < -0.4 is 10.1 Å². The Balaban J connectivity index is 1.19. The van der Waals surface area contributed by atoms with Crippen molar-refractivity contribution in [2.24, 2.45) is 7.05 Å². The van der Waals surface area contributed by atoms with Gasteiger partial charge in [-0.2, -0.15) is 18.3 Å². The lowest BCUT2D eigenvalue weighted by Crippen LogP contribution is -2.43. The Kier molecular flexibility index (Phi) is 8.17. The molecule has 2 aromatic rings. The Morgan fingerprint density at radius 2 is 1.97 bits per heavy atom. The van der Waals surface area contributed by atoms with Crippen LogP contribution in [0.5, 0.6) is 5.88 Å². The molecule has 2 aromatic heterocycles. The molecule has 0 atom stereocenters. The van der Waals surface area contributed by atoms with Crippen LogP contribution in [0.4, 0.5) is 17.6 Å². The van der Waals surface area contributed by atoms with Crippen molar-refractivity contribution in [2.45, 2.75) is 69.3 Å². The first-order valence-corrected chi connectivity index (χ1v) is 12.4. The highest BCUT2D eigenvalue weighted by Crippen LogP contribution is 2.35. The van der Waals surface area contributed by atoms with E-state index in [0.29, 0.717) is 58.0 Å². The van der Waals surface area contributed by atoms with Crippen molar-refractivity contribution >= 4 is 5.91 Å². The standard InChI is InChI=1S/C25H33F4N5O2/c1-33-16-18(15-30-33)14-22(35)31-20-4-8-24(26,9-5-20)10-13-34-11-6-19-2-3-23(32-21(19)7-12-34)36-17-25(27,28)29/h2-3,15-16,20H,4-14,17H2,1H3,(H,31,35). The van der Waals surface area contributed by atoms with Gasteiger partial charge >= 0.3 is 6.18 Å². The summed E-state index contributed by atoms with van der Waals surface area (Å²) in [7, 11) is 1.80. The number of hydrogen-bond donors (Lipinski definition) is 1. The molecule has 1 saturated carbocycles. The summed E-state index contributed by atoms with van der Waals surface area (Å²) in [4.78, 5) is 18.8. The van der Waals surface area contributed by atoms with Crippen molar-refractivity contribution in [3.05, 3.63) is 41.3 Å².